The van der Waals surface area contributed by atoms with Crippen LogP contribution < -0.4 is 0 Å². The van der Waals surface area contributed by atoms with Crippen molar-refractivity contribution < 1.29 is 33.3 Å². The SMILES string of the molecule is CCCCCCC(F)(SOOO)C(=O)OC1CCCCC1=O. The lowest BCUT2D eigenvalue weighted by Crippen LogP contribution is -2.39. The van der Waals surface area contributed by atoms with E-state index in [0.29, 0.717) is 19.3 Å². The average molecular weight is 338 g/mol. The minimum Gasteiger partial charge on any atom is -0.451 e. The first kappa shape index (κ1) is 19.3. The van der Waals surface area contributed by atoms with Crippen LogP contribution in [0.5, 0.6) is 0 Å². The lowest BCUT2D eigenvalue weighted by molar-refractivity contribution is -0.432. The van der Waals surface area contributed by atoms with Crippen molar-refractivity contribution in [3.8, 4) is 0 Å². The number of rotatable bonds is 10. The second-order valence-electron chi connectivity index (χ2n) is 5.37. The van der Waals surface area contributed by atoms with Crippen LogP contribution in [0, 0.1) is 0 Å². The van der Waals surface area contributed by atoms with Crippen LogP contribution in [0.3, 0.4) is 0 Å². The quantitative estimate of drug-likeness (QED) is 0.213. The molecule has 1 N–H and O–H groups in total. The van der Waals surface area contributed by atoms with Gasteiger partial charge in [0.1, 0.15) is 0 Å². The van der Waals surface area contributed by atoms with E-state index in [0.717, 1.165) is 32.1 Å². The topological polar surface area (TPSA) is 82.1 Å². The Morgan fingerprint density at radius 1 is 1.41 bits per heavy atom. The number of halogens is 1. The lowest BCUT2D eigenvalue weighted by atomic mass is 9.96. The molecular weight excluding hydrogens is 315 g/mol. The summed E-state index contributed by atoms with van der Waals surface area (Å²) in [5.41, 5.74) is 0. The molecule has 0 bridgehead atoms. The number of alkyl halides is 1. The highest BCUT2D eigenvalue weighted by molar-refractivity contribution is 7.96. The highest BCUT2D eigenvalue weighted by atomic mass is 32.2. The van der Waals surface area contributed by atoms with Gasteiger partial charge in [-0.25, -0.2) is 14.4 Å². The van der Waals surface area contributed by atoms with E-state index in [1.54, 1.807) is 0 Å². The van der Waals surface area contributed by atoms with Crippen LogP contribution in [0.25, 0.3) is 0 Å². The third-order valence-electron chi connectivity index (χ3n) is 3.60. The molecule has 0 aromatic carbocycles. The van der Waals surface area contributed by atoms with Gasteiger partial charge in [-0.05, 0) is 25.7 Å². The van der Waals surface area contributed by atoms with E-state index in [1.807, 2.05) is 6.92 Å². The summed E-state index contributed by atoms with van der Waals surface area (Å²) >= 11 is 0.0551. The van der Waals surface area contributed by atoms with E-state index in [-0.39, 0.29) is 24.2 Å². The lowest BCUT2D eigenvalue weighted by Gasteiger charge is -2.26. The zero-order valence-corrected chi connectivity index (χ0v) is 13.5. The Labute approximate surface area is 133 Å². The monoisotopic (exact) mass is 338 g/mol. The van der Waals surface area contributed by atoms with Crippen molar-refractivity contribution >= 4 is 23.8 Å². The number of hydrogen-bond acceptors (Lipinski definition) is 7. The molecule has 2 unspecified atom stereocenters. The summed E-state index contributed by atoms with van der Waals surface area (Å²) < 4.78 is 23.9. The molecule has 1 fully saturated rings. The molecule has 0 aromatic rings. The normalized spacial score (nSPS) is 21.4. The van der Waals surface area contributed by atoms with Gasteiger partial charge in [-0.2, -0.15) is 0 Å². The van der Waals surface area contributed by atoms with Gasteiger partial charge in [0.15, 0.2) is 11.9 Å². The zero-order chi connectivity index (χ0) is 16.4. The molecule has 0 aliphatic heterocycles. The number of carbonyl (C=O) groups excluding carboxylic acids is 2. The summed E-state index contributed by atoms with van der Waals surface area (Å²) in [5, 5.41) is 9.04. The maximum Gasteiger partial charge on any atom is 0.357 e. The fourth-order valence-corrected chi connectivity index (χ4v) is 2.80. The Morgan fingerprint density at radius 3 is 2.82 bits per heavy atom. The zero-order valence-electron chi connectivity index (χ0n) is 12.7. The minimum absolute atomic E-state index is 0.0551. The molecule has 1 saturated carbocycles. The van der Waals surface area contributed by atoms with Gasteiger partial charge in [-0.1, -0.05) is 31.2 Å². The summed E-state index contributed by atoms with van der Waals surface area (Å²) in [4.78, 5) is 23.7. The van der Waals surface area contributed by atoms with Gasteiger partial charge in [0, 0.05) is 12.8 Å². The highest BCUT2D eigenvalue weighted by Crippen LogP contribution is 2.36. The molecule has 0 aromatic heterocycles. The smallest absolute Gasteiger partial charge is 0.357 e. The first-order chi connectivity index (χ1) is 10.5. The minimum atomic E-state index is -2.51. The first-order valence-electron chi connectivity index (χ1n) is 7.62. The standard InChI is InChI=1S/C14H23FO6S/c1-2-3-4-7-10-14(15,22-21-20-18)13(17)19-12-9-6-5-8-11(12)16/h12,18H,2-10H2,1H3. The van der Waals surface area contributed by atoms with Crippen molar-refractivity contribution in [1.82, 2.24) is 0 Å². The van der Waals surface area contributed by atoms with Crippen LogP contribution in [0.15, 0.2) is 0 Å². The van der Waals surface area contributed by atoms with Gasteiger partial charge in [0.25, 0.3) is 5.00 Å². The number of ether oxygens (including phenoxy) is 1. The van der Waals surface area contributed by atoms with Gasteiger partial charge >= 0.3 is 5.97 Å². The van der Waals surface area contributed by atoms with Crippen LogP contribution in [0.4, 0.5) is 4.39 Å². The number of esters is 1. The van der Waals surface area contributed by atoms with Gasteiger partial charge in [-0.3, -0.25) is 4.79 Å². The van der Waals surface area contributed by atoms with Gasteiger partial charge in [0.2, 0.25) is 0 Å². The predicted octanol–water partition coefficient (Wildman–Crippen LogP) is 3.75. The van der Waals surface area contributed by atoms with E-state index in [1.165, 1.54) is 0 Å². The number of Topliss-reactive ketones (excluding diaryl/α,β-unsaturated/α-hetero) is 1. The van der Waals surface area contributed by atoms with Crippen LogP contribution in [-0.2, 0) is 23.7 Å². The van der Waals surface area contributed by atoms with Crippen molar-refractivity contribution in [3.63, 3.8) is 0 Å². The summed E-state index contributed by atoms with van der Waals surface area (Å²) in [7, 11) is 0. The Kier molecular flexibility index (Phi) is 8.92. The first-order valence-corrected chi connectivity index (χ1v) is 8.36. The molecule has 0 radical (unpaired) electrons. The Hall–Kier alpha value is -0.700. The Bertz CT molecular complexity index is 367. The number of carbonyl (C=O) groups is 2. The van der Waals surface area contributed by atoms with E-state index in [4.69, 9.17) is 9.99 Å². The summed E-state index contributed by atoms with van der Waals surface area (Å²) in [6.45, 7) is 2.02. The molecule has 0 amide bonds. The molecule has 128 valence electrons. The predicted molar refractivity (Wildman–Crippen MR) is 78.3 cm³/mol. The van der Waals surface area contributed by atoms with Crippen LogP contribution in [0.2, 0.25) is 0 Å². The maximum absolute atomic E-state index is 14.7. The molecule has 6 nitrogen and oxygen atoms in total. The third kappa shape index (κ3) is 6.20. The Morgan fingerprint density at radius 2 is 2.18 bits per heavy atom. The number of unbranched alkanes of at least 4 members (excludes halogenated alkanes) is 3. The molecule has 8 heteroatoms. The average Bonchev–Trinajstić information content (AvgIpc) is 2.51. The third-order valence-corrected chi connectivity index (χ3v) is 4.37. The molecule has 2 atom stereocenters. The van der Waals surface area contributed by atoms with Crippen molar-refractivity contribution in [3.05, 3.63) is 0 Å². The largest absolute Gasteiger partial charge is 0.451 e. The second kappa shape index (κ2) is 10.1. The van der Waals surface area contributed by atoms with Crippen molar-refractivity contribution in [2.45, 2.75) is 75.8 Å². The number of hydrogen-bond donors (Lipinski definition) is 1. The fourth-order valence-electron chi connectivity index (χ4n) is 2.32. The van der Waals surface area contributed by atoms with Gasteiger partial charge in [0.05, 0.1) is 12.0 Å². The van der Waals surface area contributed by atoms with Gasteiger partial charge in [-0.15, -0.1) is 4.33 Å². The second-order valence-corrected chi connectivity index (χ2v) is 6.32. The maximum atomic E-state index is 14.7. The van der Waals surface area contributed by atoms with Gasteiger partial charge < -0.3 is 4.74 Å². The molecule has 0 spiro atoms. The molecule has 0 heterocycles. The molecule has 1 aliphatic rings. The van der Waals surface area contributed by atoms with Crippen LogP contribution in [-0.4, -0.2) is 28.1 Å². The molecule has 1 aliphatic carbocycles. The van der Waals surface area contributed by atoms with E-state index in [9.17, 15) is 14.0 Å². The van der Waals surface area contributed by atoms with Crippen LogP contribution in [0.1, 0.15) is 64.7 Å². The van der Waals surface area contributed by atoms with E-state index >= 15 is 0 Å². The van der Waals surface area contributed by atoms with E-state index < -0.39 is 17.1 Å². The Balaban J connectivity index is 2.59. The highest BCUT2D eigenvalue weighted by Gasteiger charge is 2.45. The number of ketones is 1. The molecular formula is C14H23FO6S. The van der Waals surface area contributed by atoms with Crippen molar-refractivity contribution in [2.24, 2.45) is 0 Å². The van der Waals surface area contributed by atoms with Crippen LogP contribution >= 0.6 is 12.0 Å². The van der Waals surface area contributed by atoms with Crippen molar-refractivity contribution in [2.75, 3.05) is 0 Å². The molecule has 22 heavy (non-hydrogen) atoms. The summed E-state index contributed by atoms with van der Waals surface area (Å²) in [6, 6.07) is 0. The fraction of sp³-hybridized carbons (Fsp3) is 0.857. The van der Waals surface area contributed by atoms with Crippen molar-refractivity contribution in [1.29, 1.82) is 0 Å². The molecule has 0 saturated heterocycles. The summed E-state index contributed by atoms with van der Waals surface area (Å²) in [6.07, 6.45) is 4.39. The van der Waals surface area contributed by atoms with E-state index in [2.05, 4.69) is 9.37 Å². The summed E-state index contributed by atoms with van der Waals surface area (Å²) in [5.74, 6) is -1.34. The molecule has 1 rings (SSSR count).